The lowest BCUT2D eigenvalue weighted by Gasteiger charge is -2.43. The molecule has 0 saturated heterocycles. The Morgan fingerprint density at radius 3 is 2.56 bits per heavy atom. The normalized spacial score (nSPS) is 19.3. The zero-order chi connectivity index (χ0) is 13.0. The first-order valence-corrected chi connectivity index (χ1v) is 7.05. The third-order valence-electron chi connectivity index (χ3n) is 4.44. The van der Waals surface area contributed by atoms with Crippen LogP contribution in [0.3, 0.4) is 0 Å². The molecule has 102 valence electrons. The van der Waals surface area contributed by atoms with Gasteiger partial charge in [-0.05, 0) is 45.5 Å². The van der Waals surface area contributed by atoms with Gasteiger partial charge in [-0.3, -0.25) is 0 Å². The Hall–Kier alpha value is -0.800. The van der Waals surface area contributed by atoms with Gasteiger partial charge >= 0.3 is 0 Å². The molecule has 0 radical (unpaired) electrons. The summed E-state index contributed by atoms with van der Waals surface area (Å²) in [7, 11) is 4.43. The summed E-state index contributed by atoms with van der Waals surface area (Å²) in [6.45, 7) is 4.00. The van der Waals surface area contributed by atoms with E-state index in [1.165, 1.54) is 37.7 Å². The van der Waals surface area contributed by atoms with Crippen molar-refractivity contribution in [2.75, 3.05) is 20.6 Å². The highest BCUT2D eigenvalue weighted by Gasteiger charge is 2.33. The van der Waals surface area contributed by atoms with Gasteiger partial charge in [0.05, 0.1) is 12.8 Å². The SMILES string of the molecule is Cc1ccoc1CNCC1(N(C)C)CCCCC1. The van der Waals surface area contributed by atoms with Gasteiger partial charge in [0.15, 0.2) is 0 Å². The standard InChI is InChI=1S/C15H26N2O/c1-13-7-10-18-14(13)11-16-12-15(17(2)3)8-5-4-6-9-15/h7,10,16H,4-6,8-9,11-12H2,1-3H3. The van der Waals surface area contributed by atoms with Gasteiger partial charge < -0.3 is 14.6 Å². The smallest absolute Gasteiger partial charge is 0.120 e. The summed E-state index contributed by atoms with van der Waals surface area (Å²) in [6, 6.07) is 2.03. The van der Waals surface area contributed by atoms with Gasteiger partial charge in [-0.15, -0.1) is 0 Å². The van der Waals surface area contributed by atoms with E-state index in [1.807, 2.05) is 6.07 Å². The van der Waals surface area contributed by atoms with Crippen molar-refractivity contribution >= 4 is 0 Å². The van der Waals surface area contributed by atoms with E-state index >= 15 is 0 Å². The van der Waals surface area contributed by atoms with Crippen molar-refractivity contribution in [1.82, 2.24) is 10.2 Å². The summed E-state index contributed by atoms with van der Waals surface area (Å²) >= 11 is 0. The summed E-state index contributed by atoms with van der Waals surface area (Å²) in [5, 5.41) is 3.59. The van der Waals surface area contributed by atoms with Crippen LogP contribution >= 0.6 is 0 Å². The van der Waals surface area contributed by atoms with Crippen LogP contribution in [0.15, 0.2) is 16.7 Å². The molecule has 3 heteroatoms. The Morgan fingerprint density at radius 1 is 1.28 bits per heavy atom. The van der Waals surface area contributed by atoms with E-state index in [-0.39, 0.29) is 0 Å². The second kappa shape index (κ2) is 5.89. The Labute approximate surface area is 111 Å². The molecule has 0 aromatic carbocycles. The predicted molar refractivity (Wildman–Crippen MR) is 74.7 cm³/mol. The van der Waals surface area contributed by atoms with E-state index in [2.05, 4.69) is 31.2 Å². The highest BCUT2D eigenvalue weighted by Crippen LogP contribution is 2.31. The van der Waals surface area contributed by atoms with Gasteiger partial charge in [-0.1, -0.05) is 19.3 Å². The number of hydrogen-bond donors (Lipinski definition) is 1. The van der Waals surface area contributed by atoms with E-state index in [9.17, 15) is 0 Å². The van der Waals surface area contributed by atoms with Crippen molar-refractivity contribution in [2.24, 2.45) is 0 Å². The van der Waals surface area contributed by atoms with Crippen molar-refractivity contribution < 1.29 is 4.42 Å². The van der Waals surface area contributed by atoms with Gasteiger partial charge in [0.1, 0.15) is 5.76 Å². The third kappa shape index (κ3) is 2.96. The largest absolute Gasteiger partial charge is 0.468 e. The molecule has 1 aliphatic carbocycles. The fourth-order valence-corrected chi connectivity index (χ4v) is 2.99. The van der Waals surface area contributed by atoms with Crippen LogP contribution < -0.4 is 5.32 Å². The van der Waals surface area contributed by atoms with Crippen LogP contribution in [-0.4, -0.2) is 31.1 Å². The van der Waals surface area contributed by atoms with E-state index in [4.69, 9.17) is 4.42 Å². The predicted octanol–water partition coefficient (Wildman–Crippen LogP) is 2.94. The highest BCUT2D eigenvalue weighted by molar-refractivity contribution is 5.14. The van der Waals surface area contributed by atoms with Gasteiger partial charge in [0, 0.05) is 12.1 Å². The summed E-state index contributed by atoms with van der Waals surface area (Å²) < 4.78 is 5.47. The van der Waals surface area contributed by atoms with Crippen LogP contribution in [-0.2, 0) is 6.54 Å². The molecule has 0 aliphatic heterocycles. The van der Waals surface area contributed by atoms with Crippen LogP contribution in [0.25, 0.3) is 0 Å². The van der Waals surface area contributed by atoms with Crippen molar-refractivity contribution in [2.45, 2.75) is 51.1 Å². The summed E-state index contributed by atoms with van der Waals surface area (Å²) in [4.78, 5) is 2.41. The molecule has 1 aromatic heterocycles. The molecule has 1 aliphatic rings. The van der Waals surface area contributed by atoms with Crippen LogP contribution in [0, 0.1) is 6.92 Å². The number of nitrogens with one attached hydrogen (secondary N) is 1. The number of likely N-dealkylation sites (N-methyl/N-ethyl adjacent to an activating group) is 1. The minimum absolute atomic E-state index is 0.346. The number of rotatable bonds is 5. The molecule has 1 N–H and O–H groups in total. The highest BCUT2D eigenvalue weighted by atomic mass is 16.3. The quantitative estimate of drug-likeness (QED) is 0.871. The van der Waals surface area contributed by atoms with Crippen LogP contribution in [0.5, 0.6) is 0 Å². The zero-order valence-corrected chi connectivity index (χ0v) is 12.0. The monoisotopic (exact) mass is 250 g/mol. The van der Waals surface area contributed by atoms with Crippen LogP contribution in [0.1, 0.15) is 43.4 Å². The molecule has 0 spiro atoms. The van der Waals surface area contributed by atoms with Gasteiger partial charge in [0.25, 0.3) is 0 Å². The van der Waals surface area contributed by atoms with E-state index in [0.717, 1.165) is 18.8 Å². The molecule has 2 rings (SSSR count). The Balaban J connectivity index is 1.88. The first-order chi connectivity index (χ1) is 8.64. The molecular weight excluding hydrogens is 224 g/mol. The molecule has 1 aromatic rings. The van der Waals surface area contributed by atoms with Crippen molar-refractivity contribution in [3.05, 3.63) is 23.7 Å². The van der Waals surface area contributed by atoms with Gasteiger partial charge in [0.2, 0.25) is 0 Å². The van der Waals surface area contributed by atoms with E-state index < -0.39 is 0 Å². The topological polar surface area (TPSA) is 28.4 Å². The van der Waals surface area contributed by atoms with Crippen molar-refractivity contribution in [1.29, 1.82) is 0 Å². The zero-order valence-electron chi connectivity index (χ0n) is 12.0. The number of hydrogen-bond acceptors (Lipinski definition) is 3. The molecule has 1 fully saturated rings. The molecule has 1 saturated carbocycles. The molecule has 0 amide bonds. The molecule has 18 heavy (non-hydrogen) atoms. The number of furan rings is 1. The molecule has 0 atom stereocenters. The first kappa shape index (κ1) is 13.6. The van der Waals surface area contributed by atoms with Crippen LogP contribution in [0.4, 0.5) is 0 Å². The van der Waals surface area contributed by atoms with Crippen molar-refractivity contribution in [3.63, 3.8) is 0 Å². The second-order valence-corrected chi connectivity index (χ2v) is 5.81. The maximum absolute atomic E-state index is 5.47. The van der Waals surface area contributed by atoms with Gasteiger partial charge in [-0.25, -0.2) is 0 Å². The van der Waals surface area contributed by atoms with Crippen LogP contribution in [0.2, 0.25) is 0 Å². The molecule has 0 unspecified atom stereocenters. The summed E-state index contributed by atoms with van der Waals surface area (Å²) in [5.41, 5.74) is 1.59. The Bertz CT molecular complexity index is 364. The first-order valence-electron chi connectivity index (χ1n) is 7.05. The summed E-state index contributed by atoms with van der Waals surface area (Å²) in [6.07, 6.45) is 8.51. The second-order valence-electron chi connectivity index (χ2n) is 5.81. The third-order valence-corrected chi connectivity index (χ3v) is 4.44. The maximum Gasteiger partial charge on any atom is 0.120 e. The molecule has 3 nitrogen and oxygen atoms in total. The average molecular weight is 250 g/mol. The fraction of sp³-hybridized carbons (Fsp3) is 0.733. The summed E-state index contributed by atoms with van der Waals surface area (Å²) in [5.74, 6) is 1.07. The Kier molecular flexibility index (Phi) is 4.46. The minimum Gasteiger partial charge on any atom is -0.468 e. The van der Waals surface area contributed by atoms with E-state index in [1.54, 1.807) is 6.26 Å². The minimum atomic E-state index is 0.346. The maximum atomic E-state index is 5.47. The lowest BCUT2D eigenvalue weighted by atomic mass is 9.80. The average Bonchev–Trinajstić information content (AvgIpc) is 2.76. The molecular formula is C15H26N2O. The number of nitrogens with zero attached hydrogens (tertiary/aromatic N) is 1. The van der Waals surface area contributed by atoms with Gasteiger partial charge in [-0.2, -0.15) is 0 Å². The van der Waals surface area contributed by atoms with Crippen molar-refractivity contribution in [3.8, 4) is 0 Å². The lowest BCUT2D eigenvalue weighted by Crippen LogP contribution is -2.52. The Morgan fingerprint density at radius 2 is 2.00 bits per heavy atom. The molecule has 1 heterocycles. The molecule has 0 bridgehead atoms. The fourth-order valence-electron chi connectivity index (χ4n) is 2.99. The number of aryl methyl sites for hydroxylation is 1. The van der Waals surface area contributed by atoms with E-state index in [0.29, 0.717) is 5.54 Å². The lowest BCUT2D eigenvalue weighted by molar-refractivity contribution is 0.0978.